The summed E-state index contributed by atoms with van der Waals surface area (Å²) in [5.74, 6) is 1.51. The van der Waals surface area contributed by atoms with Crippen molar-refractivity contribution in [3.8, 4) is 45.3 Å². The van der Waals surface area contributed by atoms with Crippen LogP contribution in [0.4, 0.5) is 0 Å². The molecule has 156 valence electrons. The van der Waals surface area contributed by atoms with Gasteiger partial charge in [0.1, 0.15) is 0 Å². The van der Waals surface area contributed by atoms with Gasteiger partial charge in [-0.05, 0) is 29.8 Å². The number of hydrogen-bond acceptors (Lipinski definition) is 5. The zero-order valence-electron chi connectivity index (χ0n) is 17.5. The molecule has 0 saturated heterocycles. The number of para-hydroxylation sites is 1. The predicted octanol–water partition coefficient (Wildman–Crippen LogP) is 4.59. The second-order valence-corrected chi connectivity index (χ2v) is 6.77. The molecule has 0 N–H and O–H groups in total. The van der Waals surface area contributed by atoms with Crippen molar-refractivity contribution in [2.75, 3.05) is 21.3 Å². The van der Waals surface area contributed by atoms with E-state index in [1.165, 1.54) is 4.68 Å². The Labute approximate surface area is 180 Å². The summed E-state index contributed by atoms with van der Waals surface area (Å²) in [5, 5.41) is 4.75. The molecular formula is C25H22N2O4. The average Bonchev–Trinajstić information content (AvgIpc) is 2.84. The van der Waals surface area contributed by atoms with Gasteiger partial charge < -0.3 is 14.2 Å². The molecule has 4 aromatic rings. The van der Waals surface area contributed by atoms with Crippen molar-refractivity contribution in [1.82, 2.24) is 9.78 Å². The largest absolute Gasteiger partial charge is 0.493 e. The van der Waals surface area contributed by atoms with E-state index in [4.69, 9.17) is 19.3 Å². The van der Waals surface area contributed by atoms with Gasteiger partial charge in [-0.1, -0.05) is 48.5 Å². The molecule has 0 radical (unpaired) electrons. The van der Waals surface area contributed by atoms with E-state index in [0.717, 1.165) is 11.1 Å². The van der Waals surface area contributed by atoms with Crippen molar-refractivity contribution >= 4 is 0 Å². The number of aromatic nitrogens is 2. The topological polar surface area (TPSA) is 62.6 Å². The van der Waals surface area contributed by atoms with Gasteiger partial charge >= 0.3 is 0 Å². The smallest absolute Gasteiger partial charge is 0.272 e. The molecule has 31 heavy (non-hydrogen) atoms. The third-order valence-corrected chi connectivity index (χ3v) is 4.96. The molecule has 0 spiro atoms. The predicted molar refractivity (Wildman–Crippen MR) is 120 cm³/mol. The van der Waals surface area contributed by atoms with Crippen LogP contribution in [0.5, 0.6) is 17.2 Å². The molecule has 0 fully saturated rings. The Morgan fingerprint density at radius 3 is 1.84 bits per heavy atom. The number of ether oxygens (including phenoxy) is 3. The molecule has 0 saturated carbocycles. The highest BCUT2D eigenvalue weighted by molar-refractivity contribution is 5.82. The maximum Gasteiger partial charge on any atom is 0.272 e. The van der Waals surface area contributed by atoms with Crippen LogP contribution in [0.1, 0.15) is 0 Å². The van der Waals surface area contributed by atoms with Crippen LogP contribution in [-0.2, 0) is 0 Å². The first-order valence-electron chi connectivity index (χ1n) is 9.72. The molecule has 0 atom stereocenters. The summed E-state index contributed by atoms with van der Waals surface area (Å²) in [6, 6.07) is 24.3. The van der Waals surface area contributed by atoms with Crippen molar-refractivity contribution in [1.29, 1.82) is 0 Å². The van der Waals surface area contributed by atoms with E-state index < -0.39 is 0 Å². The van der Waals surface area contributed by atoms with Gasteiger partial charge in [0, 0.05) is 17.2 Å². The second-order valence-electron chi connectivity index (χ2n) is 6.77. The first-order chi connectivity index (χ1) is 15.2. The Morgan fingerprint density at radius 1 is 0.710 bits per heavy atom. The minimum atomic E-state index is -0.221. The number of hydrogen-bond donors (Lipinski definition) is 0. The molecule has 3 aromatic carbocycles. The van der Waals surface area contributed by atoms with Gasteiger partial charge in [-0.2, -0.15) is 9.78 Å². The van der Waals surface area contributed by atoms with E-state index in [1.807, 2.05) is 72.8 Å². The summed E-state index contributed by atoms with van der Waals surface area (Å²) in [6.45, 7) is 0. The first kappa shape index (κ1) is 20.2. The standard InChI is InChI=1S/C25H22N2O4/c1-29-21-14-18(15-22(30-2)25(21)31-3)24-20(17-10-6-4-7-11-17)16-23(28)27(26-24)19-12-8-5-9-13-19/h4-16H,1-3H3. The lowest BCUT2D eigenvalue weighted by Gasteiger charge is -2.16. The van der Waals surface area contributed by atoms with E-state index in [0.29, 0.717) is 34.2 Å². The molecule has 0 amide bonds. The van der Waals surface area contributed by atoms with E-state index >= 15 is 0 Å². The van der Waals surface area contributed by atoms with Gasteiger partial charge in [0.2, 0.25) is 5.75 Å². The molecule has 0 aliphatic carbocycles. The van der Waals surface area contributed by atoms with Crippen LogP contribution in [0.2, 0.25) is 0 Å². The lowest BCUT2D eigenvalue weighted by molar-refractivity contribution is 0.324. The van der Waals surface area contributed by atoms with E-state index in [-0.39, 0.29) is 5.56 Å². The van der Waals surface area contributed by atoms with Gasteiger partial charge in [-0.15, -0.1) is 0 Å². The van der Waals surface area contributed by atoms with Crippen LogP contribution in [0.25, 0.3) is 28.1 Å². The Kier molecular flexibility index (Phi) is 5.71. The molecule has 1 aromatic heterocycles. The van der Waals surface area contributed by atoms with Crippen molar-refractivity contribution in [3.05, 3.63) is 89.2 Å². The van der Waals surface area contributed by atoms with Crippen LogP contribution in [0.3, 0.4) is 0 Å². The highest BCUT2D eigenvalue weighted by Crippen LogP contribution is 2.42. The fourth-order valence-electron chi connectivity index (χ4n) is 3.48. The van der Waals surface area contributed by atoms with Crippen LogP contribution in [-0.4, -0.2) is 31.1 Å². The third kappa shape index (κ3) is 3.88. The summed E-state index contributed by atoms with van der Waals surface area (Å²) in [7, 11) is 4.69. The molecule has 0 unspecified atom stereocenters. The Hall–Kier alpha value is -4.06. The van der Waals surface area contributed by atoms with Crippen LogP contribution in [0, 0.1) is 0 Å². The highest BCUT2D eigenvalue weighted by atomic mass is 16.5. The SMILES string of the molecule is COc1cc(-c2nn(-c3ccccc3)c(=O)cc2-c2ccccc2)cc(OC)c1OC. The normalized spacial score (nSPS) is 10.5. The number of rotatable bonds is 6. The van der Waals surface area contributed by atoms with Crippen LogP contribution in [0.15, 0.2) is 83.7 Å². The molecule has 0 aliphatic heterocycles. The highest BCUT2D eigenvalue weighted by Gasteiger charge is 2.19. The quantitative estimate of drug-likeness (QED) is 0.462. The number of benzene rings is 3. The summed E-state index contributed by atoms with van der Waals surface area (Å²) in [6.07, 6.45) is 0. The van der Waals surface area contributed by atoms with Crippen LogP contribution < -0.4 is 19.8 Å². The van der Waals surface area contributed by atoms with Gasteiger partial charge in [-0.3, -0.25) is 4.79 Å². The van der Waals surface area contributed by atoms with E-state index in [9.17, 15) is 4.79 Å². The molecular weight excluding hydrogens is 392 g/mol. The lowest BCUT2D eigenvalue weighted by atomic mass is 9.99. The van der Waals surface area contributed by atoms with E-state index in [2.05, 4.69) is 0 Å². The van der Waals surface area contributed by atoms with Crippen molar-refractivity contribution in [2.45, 2.75) is 0 Å². The zero-order valence-corrected chi connectivity index (χ0v) is 17.5. The molecule has 1 heterocycles. The fraction of sp³-hybridized carbons (Fsp3) is 0.120. The van der Waals surface area contributed by atoms with Crippen molar-refractivity contribution < 1.29 is 14.2 Å². The minimum absolute atomic E-state index is 0.221. The van der Waals surface area contributed by atoms with Crippen LogP contribution >= 0.6 is 0 Å². The van der Waals surface area contributed by atoms with E-state index in [1.54, 1.807) is 27.4 Å². The number of nitrogens with zero attached hydrogens (tertiary/aromatic N) is 2. The summed E-state index contributed by atoms with van der Waals surface area (Å²) in [5.41, 5.74) is 3.41. The summed E-state index contributed by atoms with van der Waals surface area (Å²) in [4.78, 5) is 13.0. The molecule has 6 nitrogen and oxygen atoms in total. The van der Waals surface area contributed by atoms with Gasteiger partial charge in [0.05, 0.1) is 32.7 Å². The fourth-order valence-corrected chi connectivity index (χ4v) is 3.48. The van der Waals surface area contributed by atoms with Gasteiger partial charge in [0.15, 0.2) is 11.5 Å². The number of methoxy groups -OCH3 is 3. The average molecular weight is 414 g/mol. The molecule has 6 heteroatoms. The van der Waals surface area contributed by atoms with Gasteiger partial charge in [-0.25, -0.2) is 0 Å². The lowest BCUT2D eigenvalue weighted by Crippen LogP contribution is -2.21. The Morgan fingerprint density at radius 2 is 1.29 bits per heavy atom. The molecule has 0 aliphatic rings. The van der Waals surface area contributed by atoms with Gasteiger partial charge in [0.25, 0.3) is 5.56 Å². The zero-order chi connectivity index (χ0) is 21.8. The Bertz CT molecular complexity index is 1230. The summed E-state index contributed by atoms with van der Waals surface area (Å²) >= 11 is 0. The second kappa shape index (κ2) is 8.75. The third-order valence-electron chi connectivity index (χ3n) is 4.96. The molecule has 4 rings (SSSR count). The van der Waals surface area contributed by atoms with Crippen molar-refractivity contribution in [2.24, 2.45) is 0 Å². The summed E-state index contributed by atoms with van der Waals surface area (Å²) < 4.78 is 17.9. The first-order valence-corrected chi connectivity index (χ1v) is 9.72. The maximum absolute atomic E-state index is 13.0. The molecule has 0 bridgehead atoms. The monoisotopic (exact) mass is 414 g/mol. The maximum atomic E-state index is 13.0. The Balaban J connectivity index is 2.03. The van der Waals surface area contributed by atoms with Crippen molar-refractivity contribution in [3.63, 3.8) is 0 Å². The minimum Gasteiger partial charge on any atom is -0.493 e.